The maximum Gasteiger partial charge on any atom is 0.320 e. The van der Waals surface area contributed by atoms with Crippen LogP contribution in [-0.2, 0) is 21.4 Å². The van der Waals surface area contributed by atoms with Crippen LogP contribution in [0.3, 0.4) is 0 Å². The van der Waals surface area contributed by atoms with Crippen molar-refractivity contribution in [3.8, 4) is 11.4 Å². The predicted octanol–water partition coefficient (Wildman–Crippen LogP) is -3.82. The normalized spacial score (nSPS) is 11.1. The Morgan fingerprint density at radius 2 is 2.00 bits per heavy atom. The maximum atomic E-state index is 11.7. The van der Waals surface area contributed by atoms with Gasteiger partial charge >= 0.3 is 5.97 Å². The summed E-state index contributed by atoms with van der Waals surface area (Å²) in [5.74, 6) is -1.76. The summed E-state index contributed by atoms with van der Waals surface area (Å²) in [5, 5.41) is 12.8. The number of rotatable bonds is 7. The summed E-state index contributed by atoms with van der Waals surface area (Å²) in [6.45, 7) is 0.416. The quantitative estimate of drug-likeness (QED) is 0.494. The molecule has 0 aromatic carbocycles. The van der Waals surface area contributed by atoms with Crippen molar-refractivity contribution in [3.63, 3.8) is 0 Å². The van der Waals surface area contributed by atoms with Crippen molar-refractivity contribution >= 4 is 16.0 Å². The highest BCUT2D eigenvalue weighted by Crippen LogP contribution is 2.09. The third-order valence-electron chi connectivity index (χ3n) is 3.02. The number of likely N-dealkylation sites (N-methyl/N-ethyl adjacent to an activating group) is 1. The van der Waals surface area contributed by atoms with Gasteiger partial charge in [-0.2, -0.15) is 4.31 Å². The molecule has 9 nitrogen and oxygen atoms in total. The zero-order chi connectivity index (χ0) is 16.9. The largest absolute Gasteiger partial charge is 1.00 e. The highest BCUT2D eigenvalue weighted by atomic mass is 35.5. The van der Waals surface area contributed by atoms with E-state index >= 15 is 0 Å². The van der Waals surface area contributed by atoms with Crippen LogP contribution in [0.5, 0.6) is 0 Å². The molecule has 0 aliphatic rings. The predicted molar refractivity (Wildman–Crippen MR) is 79.5 cm³/mol. The van der Waals surface area contributed by atoms with Crippen molar-refractivity contribution in [3.05, 3.63) is 36.9 Å². The highest BCUT2D eigenvalue weighted by molar-refractivity contribution is 7.89. The van der Waals surface area contributed by atoms with Crippen molar-refractivity contribution < 1.29 is 35.4 Å². The second-order valence-corrected chi connectivity index (χ2v) is 6.80. The third-order valence-corrected chi connectivity index (χ3v) is 4.76. The monoisotopic (exact) mass is 373 g/mol. The van der Waals surface area contributed by atoms with Crippen LogP contribution in [0.1, 0.15) is 0 Å². The van der Waals surface area contributed by atoms with Gasteiger partial charge in [-0.3, -0.25) is 4.79 Å². The Kier molecular flexibility index (Phi) is 7.14. The number of halogens is 1. The van der Waals surface area contributed by atoms with E-state index < -0.39 is 21.7 Å². The van der Waals surface area contributed by atoms with E-state index in [2.05, 4.69) is 15.1 Å². The lowest BCUT2D eigenvalue weighted by Crippen LogP contribution is -3.00. The summed E-state index contributed by atoms with van der Waals surface area (Å²) in [5.41, 5.74) is 0.744. The van der Waals surface area contributed by atoms with E-state index in [4.69, 9.17) is 5.11 Å². The second kappa shape index (κ2) is 8.62. The molecule has 130 valence electrons. The van der Waals surface area contributed by atoms with E-state index in [-0.39, 0.29) is 19.0 Å². The van der Waals surface area contributed by atoms with Crippen molar-refractivity contribution in [1.82, 2.24) is 19.4 Å². The average Bonchev–Trinajstić information content (AvgIpc) is 2.52. The first-order chi connectivity index (χ1) is 10.9. The van der Waals surface area contributed by atoms with Crippen molar-refractivity contribution in [2.24, 2.45) is 0 Å². The van der Waals surface area contributed by atoms with Gasteiger partial charge in [0.25, 0.3) is 0 Å². The van der Waals surface area contributed by atoms with Gasteiger partial charge < -0.3 is 17.5 Å². The van der Waals surface area contributed by atoms with Gasteiger partial charge in [0.05, 0.1) is 6.54 Å². The van der Waals surface area contributed by atoms with Crippen LogP contribution in [0.2, 0.25) is 0 Å². The van der Waals surface area contributed by atoms with Crippen LogP contribution < -0.4 is 17.1 Å². The molecule has 0 spiro atoms. The fraction of sp³-hybridized carbons (Fsp3) is 0.308. The van der Waals surface area contributed by atoms with E-state index in [0.29, 0.717) is 12.4 Å². The lowest BCUT2D eigenvalue weighted by Gasteiger charge is -2.13. The topological polar surface area (TPSA) is 117 Å². The van der Waals surface area contributed by atoms with Crippen molar-refractivity contribution in [2.75, 3.05) is 19.3 Å². The Bertz CT molecular complexity index is 771. The molecular weight excluding hydrogens is 358 g/mol. The van der Waals surface area contributed by atoms with Crippen LogP contribution in [0.25, 0.3) is 11.4 Å². The van der Waals surface area contributed by atoms with Crippen LogP contribution >= 0.6 is 0 Å². The highest BCUT2D eigenvalue weighted by Gasteiger charge is 2.22. The molecule has 0 unspecified atom stereocenters. The summed E-state index contributed by atoms with van der Waals surface area (Å²) in [6.07, 6.45) is 6.53. The number of aromatic nitrogens is 4. The van der Waals surface area contributed by atoms with Crippen molar-refractivity contribution in [2.45, 2.75) is 6.54 Å². The lowest BCUT2D eigenvalue weighted by atomic mass is 10.3. The summed E-state index contributed by atoms with van der Waals surface area (Å²) < 4.78 is 26.0. The summed E-state index contributed by atoms with van der Waals surface area (Å²) in [4.78, 5) is 18.7. The number of carboxylic acids is 1. The first-order valence-electron chi connectivity index (χ1n) is 6.67. The molecule has 2 aromatic rings. The number of nitrogens with zero attached hydrogens (tertiary/aromatic N) is 5. The Balaban J connectivity index is 0.00000288. The average molecular weight is 374 g/mol. The number of carboxylic acid groups (broad SMARTS) is 1. The molecule has 0 amide bonds. The lowest BCUT2D eigenvalue weighted by molar-refractivity contribution is -0.752. The maximum absolute atomic E-state index is 11.7. The SMILES string of the molecule is CN(CC[n+]1ccc(-c2ncccn2)cn1)S(=O)(=O)CC(=O)O.[Cl-]. The first kappa shape index (κ1) is 19.9. The molecular formula is C13H16ClN5O4S. The van der Waals surface area contributed by atoms with Gasteiger partial charge in [-0.05, 0) is 11.2 Å². The Morgan fingerprint density at radius 1 is 1.33 bits per heavy atom. The Morgan fingerprint density at radius 3 is 2.54 bits per heavy atom. The molecule has 2 aromatic heterocycles. The van der Waals surface area contributed by atoms with Gasteiger partial charge in [0.2, 0.25) is 10.0 Å². The molecule has 0 bridgehead atoms. The second-order valence-electron chi connectivity index (χ2n) is 4.72. The van der Waals surface area contributed by atoms with Gasteiger partial charge in [0.1, 0.15) is 6.20 Å². The summed E-state index contributed by atoms with van der Waals surface area (Å²) in [7, 11) is -2.47. The van der Waals surface area contributed by atoms with Crippen LogP contribution in [-0.4, -0.2) is 58.2 Å². The van der Waals surface area contributed by atoms with Gasteiger partial charge in [-0.25, -0.2) is 18.4 Å². The minimum absolute atomic E-state index is 0. The van der Waals surface area contributed by atoms with Gasteiger partial charge in [-0.15, -0.1) is 0 Å². The standard InChI is InChI=1S/C13H15N5O4S.ClH/c1-17(23(21,22)10-12(19)20)7-8-18-6-3-11(9-16-18)13-14-4-2-5-15-13;/h2-6,9H,7-8,10H2,1H3;1H. The number of hydrogen-bond donors (Lipinski definition) is 1. The molecule has 0 aliphatic heterocycles. The third kappa shape index (κ3) is 5.48. The van der Waals surface area contributed by atoms with Crippen LogP contribution in [0.15, 0.2) is 36.9 Å². The summed E-state index contributed by atoms with van der Waals surface area (Å²) >= 11 is 0. The van der Waals surface area contributed by atoms with Gasteiger partial charge in [-0.1, -0.05) is 4.68 Å². The summed E-state index contributed by atoms with van der Waals surface area (Å²) in [6, 6.07) is 3.49. The van der Waals surface area contributed by atoms with E-state index in [1.54, 1.807) is 41.6 Å². The fourth-order valence-corrected chi connectivity index (χ4v) is 2.64. The molecule has 0 atom stereocenters. The van der Waals surface area contributed by atoms with Gasteiger partial charge in [0.15, 0.2) is 24.3 Å². The van der Waals surface area contributed by atoms with E-state index in [1.807, 2.05) is 0 Å². The number of carbonyl (C=O) groups is 1. The first-order valence-corrected chi connectivity index (χ1v) is 8.28. The number of hydrogen-bond acceptors (Lipinski definition) is 6. The molecule has 2 rings (SSSR count). The van der Waals surface area contributed by atoms with Crippen LogP contribution in [0, 0.1) is 0 Å². The zero-order valence-electron chi connectivity index (χ0n) is 12.8. The molecule has 0 radical (unpaired) electrons. The van der Waals surface area contributed by atoms with Gasteiger partial charge in [0, 0.05) is 31.1 Å². The van der Waals surface area contributed by atoms with E-state index in [0.717, 1.165) is 9.87 Å². The molecule has 0 saturated carbocycles. The van der Waals surface area contributed by atoms with Crippen LogP contribution in [0.4, 0.5) is 0 Å². The smallest absolute Gasteiger partial charge is 0.320 e. The zero-order valence-corrected chi connectivity index (χ0v) is 14.4. The van der Waals surface area contributed by atoms with Crippen molar-refractivity contribution in [1.29, 1.82) is 0 Å². The molecule has 24 heavy (non-hydrogen) atoms. The Labute approximate surface area is 145 Å². The molecule has 0 saturated heterocycles. The molecule has 11 heteroatoms. The molecule has 0 fully saturated rings. The molecule has 1 N–H and O–H groups in total. The van der Waals surface area contributed by atoms with E-state index in [9.17, 15) is 13.2 Å². The van der Waals surface area contributed by atoms with E-state index in [1.165, 1.54) is 7.05 Å². The molecule has 0 aliphatic carbocycles. The minimum Gasteiger partial charge on any atom is -1.00 e. The fourth-order valence-electron chi connectivity index (χ4n) is 1.75. The molecule has 2 heterocycles. The number of sulfonamides is 1. The Hall–Kier alpha value is -2.17. The number of aliphatic carboxylic acids is 1. The minimum atomic E-state index is -3.81.